The minimum atomic E-state index is -0.272. The van der Waals surface area contributed by atoms with E-state index in [9.17, 15) is 4.79 Å². The van der Waals surface area contributed by atoms with Gasteiger partial charge in [0.1, 0.15) is 17.5 Å². The molecule has 0 spiro atoms. The number of fused-ring (bicyclic) bond motifs is 2. The first kappa shape index (κ1) is 20.4. The van der Waals surface area contributed by atoms with Crippen molar-refractivity contribution in [1.82, 2.24) is 30.0 Å². The number of aromatic nitrogens is 5. The van der Waals surface area contributed by atoms with Gasteiger partial charge in [0, 0.05) is 35.6 Å². The number of morpholine rings is 1. The number of anilines is 1. The Kier molecular flexibility index (Phi) is 4.73. The van der Waals surface area contributed by atoms with Crippen LogP contribution < -0.4 is 10.2 Å². The zero-order valence-electron chi connectivity index (χ0n) is 18.5. The second kappa shape index (κ2) is 7.67. The molecule has 170 valence electrons. The minimum absolute atomic E-state index is 0.0212. The van der Waals surface area contributed by atoms with Crippen molar-refractivity contribution in [2.45, 2.75) is 38.3 Å². The molecule has 2 N–H and O–H groups in total. The van der Waals surface area contributed by atoms with Crippen LogP contribution in [0.25, 0.3) is 16.6 Å². The molecule has 33 heavy (non-hydrogen) atoms. The van der Waals surface area contributed by atoms with Crippen molar-refractivity contribution >= 4 is 33.3 Å². The van der Waals surface area contributed by atoms with Crippen LogP contribution >= 0.6 is 11.3 Å². The average Bonchev–Trinajstić information content (AvgIpc) is 3.53. The number of hydrogen-bond donors (Lipinski definition) is 2. The molecule has 1 atom stereocenters. The summed E-state index contributed by atoms with van der Waals surface area (Å²) in [7, 11) is 0. The maximum absolute atomic E-state index is 12.6. The molecule has 9 nitrogen and oxygen atoms in total. The van der Waals surface area contributed by atoms with Gasteiger partial charge in [0.15, 0.2) is 5.13 Å². The fourth-order valence-corrected chi connectivity index (χ4v) is 5.81. The first-order chi connectivity index (χ1) is 16.0. The molecular weight excluding hydrogens is 438 g/mol. The number of carbonyl (C=O) groups is 1. The lowest BCUT2D eigenvalue weighted by atomic mass is 9.94. The largest absolute Gasteiger partial charge is 0.377 e. The topological polar surface area (TPSA) is 101 Å². The standard InChI is InChI=1S/C23H25N7O2S/c1-23(2)9-19-20(21(31)28-23)33-22(27-19)29-5-6-32-11-16(29)7-14-10-25-18-4-3-15(8-17(14)18)30-13-24-12-26-30/h3-4,8,10,12-13,16,25H,5-7,9,11H2,1-2H3,(H,28,31)/t16-/m0/s1. The van der Waals surface area contributed by atoms with Gasteiger partial charge in [0.25, 0.3) is 5.91 Å². The molecule has 10 heteroatoms. The summed E-state index contributed by atoms with van der Waals surface area (Å²) in [6, 6.07) is 6.37. The highest BCUT2D eigenvalue weighted by molar-refractivity contribution is 7.17. The first-order valence-corrected chi connectivity index (χ1v) is 11.9. The van der Waals surface area contributed by atoms with Crippen LogP contribution in [-0.4, -0.2) is 62.0 Å². The predicted octanol–water partition coefficient (Wildman–Crippen LogP) is 2.72. The summed E-state index contributed by atoms with van der Waals surface area (Å²) in [6.07, 6.45) is 6.86. The van der Waals surface area contributed by atoms with Crippen molar-refractivity contribution in [3.63, 3.8) is 0 Å². The van der Waals surface area contributed by atoms with E-state index in [-0.39, 0.29) is 17.5 Å². The van der Waals surface area contributed by atoms with Crippen molar-refractivity contribution in [2.75, 3.05) is 24.7 Å². The van der Waals surface area contributed by atoms with E-state index in [0.717, 1.165) is 51.7 Å². The number of nitrogens with zero attached hydrogens (tertiary/aromatic N) is 5. The van der Waals surface area contributed by atoms with Crippen molar-refractivity contribution < 1.29 is 9.53 Å². The molecular formula is C23H25N7O2S. The number of amides is 1. The van der Waals surface area contributed by atoms with E-state index < -0.39 is 0 Å². The Bertz CT molecular complexity index is 1320. The van der Waals surface area contributed by atoms with E-state index in [4.69, 9.17) is 9.72 Å². The number of H-pyrrole nitrogens is 1. The summed E-state index contributed by atoms with van der Waals surface area (Å²) in [5.74, 6) is -0.0212. The van der Waals surface area contributed by atoms with Crippen LogP contribution in [0.15, 0.2) is 37.1 Å². The Hall–Kier alpha value is -3.24. The fourth-order valence-electron chi connectivity index (χ4n) is 4.74. The first-order valence-electron chi connectivity index (χ1n) is 11.1. The predicted molar refractivity (Wildman–Crippen MR) is 126 cm³/mol. The lowest BCUT2D eigenvalue weighted by Gasteiger charge is -2.35. The van der Waals surface area contributed by atoms with Gasteiger partial charge in [-0.1, -0.05) is 11.3 Å². The normalized spacial score (nSPS) is 20.1. The molecule has 5 heterocycles. The molecule has 0 radical (unpaired) electrons. The van der Waals surface area contributed by atoms with Gasteiger partial charge < -0.3 is 19.9 Å². The molecule has 1 fully saturated rings. The number of benzene rings is 1. The molecule has 0 unspecified atom stereocenters. The summed E-state index contributed by atoms with van der Waals surface area (Å²) >= 11 is 1.49. The third-order valence-electron chi connectivity index (χ3n) is 6.32. The summed E-state index contributed by atoms with van der Waals surface area (Å²) in [4.78, 5) is 28.0. The highest BCUT2D eigenvalue weighted by atomic mass is 32.1. The molecule has 2 aliphatic heterocycles. The van der Waals surface area contributed by atoms with Crippen LogP contribution in [0.3, 0.4) is 0 Å². The number of nitrogens with one attached hydrogen (secondary N) is 2. The molecule has 0 aliphatic carbocycles. The molecule has 4 aromatic rings. The second-order valence-corrected chi connectivity index (χ2v) is 10.3. The molecule has 0 saturated carbocycles. The minimum Gasteiger partial charge on any atom is -0.377 e. The van der Waals surface area contributed by atoms with E-state index >= 15 is 0 Å². The number of hydrogen-bond acceptors (Lipinski definition) is 7. The van der Waals surface area contributed by atoms with Crippen molar-refractivity contribution in [1.29, 1.82) is 0 Å². The van der Waals surface area contributed by atoms with Crippen LogP contribution in [0.5, 0.6) is 0 Å². The van der Waals surface area contributed by atoms with E-state index in [2.05, 4.69) is 43.6 Å². The van der Waals surface area contributed by atoms with Gasteiger partial charge in [-0.25, -0.2) is 14.6 Å². The van der Waals surface area contributed by atoms with Crippen LogP contribution in [0.1, 0.15) is 34.8 Å². The van der Waals surface area contributed by atoms with E-state index in [0.29, 0.717) is 13.2 Å². The van der Waals surface area contributed by atoms with Crippen LogP contribution in [0, 0.1) is 0 Å². The molecule has 3 aromatic heterocycles. The van der Waals surface area contributed by atoms with Gasteiger partial charge in [-0.15, -0.1) is 0 Å². The summed E-state index contributed by atoms with van der Waals surface area (Å²) in [5.41, 5.74) is 3.90. The third kappa shape index (κ3) is 3.68. The maximum atomic E-state index is 12.6. The lowest BCUT2D eigenvalue weighted by molar-refractivity contribution is 0.0900. The van der Waals surface area contributed by atoms with E-state index in [1.54, 1.807) is 11.0 Å². The highest BCUT2D eigenvalue weighted by Crippen LogP contribution is 2.34. The van der Waals surface area contributed by atoms with Gasteiger partial charge in [-0.2, -0.15) is 5.10 Å². The number of thiazole rings is 1. The fraction of sp³-hybridized carbons (Fsp3) is 0.391. The highest BCUT2D eigenvalue weighted by Gasteiger charge is 2.35. The number of aromatic amines is 1. The Morgan fingerprint density at radius 2 is 2.24 bits per heavy atom. The van der Waals surface area contributed by atoms with E-state index in [1.807, 2.05) is 19.9 Å². The van der Waals surface area contributed by atoms with Gasteiger partial charge in [-0.3, -0.25) is 4.79 Å². The van der Waals surface area contributed by atoms with Crippen molar-refractivity contribution in [3.8, 4) is 5.69 Å². The van der Waals surface area contributed by atoms with Gasteiger partial charge in [-0.05, 0) is 44.0 Å². The molecule has 0 bridgehead atoms. The zero-order valence-corrected chi connectivity index (χ0v) is 19.4. The van der Waals surface area contributed by atoms with Gasteiger partial charge in [0.2, 0.25) is 0 Å². The Morgan fingerprint density at radius 1 is 1.33 bits per heavy atom. The summed E-state index contributed by atoms with van der Waals surface area (Å²) < 4.78 is 7.62. The van der Waals surface area contributed by atoms with E-state index in [1.165, 1.54) is 23.2 Å². The molecule has 1 saturated heterocycles. The third-order valence-corrected chi connectivity index (χ3v) is 7.45. The Labute approximate surface area is 194 Å². The lowest BCUT2D eigenvalue weighted by Crippen LogP contribution is -2.48. The average molecular weight is 464 g/mol. The monoisotopic (exact) mass is 463 g/mol. The number of carbonyl (C=O) groups excluding carboxylic acids is 1. The Balaban J connectivity index is 1.31. The van der Waals surface area contributed by atoms with Gasteiger partial charge >= 0.3 is 0 Å². The van der Waals surface area contributed by atoms with Gasteiger partial charge in [0.05, 0.1) is 30.6 Å². The summed E-state index contributed by atoms with van der Waals surface area (Å²) in [6.45, 7) is 6.11. The zero-order chi connectivity index (χ0) is 22.6. The Morgan fingerprint density at radius 3 is 3.09 bits per heavy atom. The maximum Gasteiger partial charge on any atom is 0.263 e. The molecule has 1 aromatic carbocycles. The second-order valence-electron chi connectivity index (χ2n) is 9.30. The molecule has 2 aliphatic rings. The van der Waals surface area contributed by atoms with Crippen LogP contribution in [0.2, 0.25) is 0 Å². The summed E-state index contributed by atoms with van der Waals surface area (Å²) in [5, 5.41) is 9.40. The molecule has 1 amide bonds. The molecule has 6 rings (SSSR count). The smallest absolute Gasteiger partial charge is 0.263 e. The number of rotatable bonds is 4. The quantitative estimate of drug-likeness (QED) is 0.483. The van der Waals surface area contributed by atoms with Crippen LogP contribution in [-0.2, 0) is 17.6 Å². The van der Waals surface area contributed by atoms with Crippen molar-refractivity contribution in [2.24, 2.45) is 0 Å². The number of ether oxygens (including phenoxy) is 1. The van der Waals surface area contributed by atoms with Crippen molar-refractivity contribution in [3.05, 3.63) is 53.2 Å². The van der Waals surface area contributed by atoms with Crippen LogP contribution in [0.4, 0.5) is 5.13 Å². The SMILES string of the molecule is CC1(C)Cc2nc(N3CCOC[C@@H]3Cc3c[nH]c4ccc(-n5cncn5)cc34)sc2C(=O)N1.